The van der Waals surface area contributed by atoms with E-state index in [0.29, 0.717) is 18.1 Å². The number of rotatable bonds is 5. The van der Waals surface area contributed by atoms with Crippen LogP contribution in [0.5, 0.6) is 0 Å². The summed E-state index contributed by atoms with van der Waals surface area (Å²) in [6, 6.07) is 1.79. The van der Waals surface area contributed by atoms with Gasteiger partial charge in [0.25, 0.3) is 0 Å². The summed E-state index contributed by atoms with van der Waals surface area (Å²) < 4.78 is 11.8. The number of aromatic nitrogens is 2. The van der Waals surface area contributed by atoms with Crippen molar-refractivity contribution in [3.63, 3.8) is 0 Å². The molecule has 0 aliphatic rings. The maximum Gasteiger partial charge on any atom is 0.130 e. The number of halogens is 1. The molecule has 0 fully saturated rings. The van der Waals surface area contributed by atoms with Gasteiger partial charge in [-0.25, -0.2) is 9.97 Å². The quantitative estimate of drug-likeness (QED) is 0.828. The minimum absolute atomic E-state index is 0.651. The first-order valence-electron chi connectivity index (χ1n) is 4.28. The molecule has 1 N–H and O–H groups in total. The van der Waals surface area contributed by atoms with Gasteiger partial charge < -0.3 is 5.32 Å². The topological polar surface area (TPSA) is 54.9 Å². The molecule has 6 heteroatoms. The highest BCUT2D eigenvalue weighted by Gasteiger charge is 1.97. The molecular weight excluding hydrogens is 266 g/mol. The lowest BCUT2D eigenvalue weighted by molar-refractivity contribution is 0.684. The fourth-order valence-electron chi connectivity index (χ4n) is 0.868. The molecule has 0 spiro atoms. The van der Waals surface area contributed by atoms with Gasteiger partial charge in [-0.05, 0) is 15.9 Å². The SMILES string of the molecule is CCS(=O)CCNc1cc(Br)ncn1. The van der Waals surface area contributed by atoms with E-state index >= 15 is 0 Å². The Labute approximate surface area is 94.1 Å². The van der Waals surface area contributed by atoms with E-state index in [1.807, 2.05) is 6.92 Å². The first-order valence-corrected chi connectivity index (χ1v) is 6.57. The van der Waals surface area contributed by atoms with Crippen molar-refractivity contribution >= 4 is 32.5 Å². The van der Waals surface area contributed by atoms with Gasteiger partial charge in [-0.1, -0.05) is 6.92 Å². The molecule has 0 saturated carbocycles. The van der Waals surface area contributed by atoms with Gasteiger partial charge in [0.1, 0.15) is 16.7 Å². The molecule has 0 aliphatic carbocycles. The number of nitrogens with zero attached hydrogens (tertiary/aromatic N) is 2. The summed E-state index contributed by atoms with van der Waals surface area (Å²) in [6.45, 7) is 2.58. The van der Waals surface area contributed by atoms with E-state index < -0.39 is 10.8 Å². The fourth-order valence-corrected chi connectivity index (χ4v) is 1.79. The third-order valence-corrected chi connectivity index (χ3v) is 3.33. The molecule has 0 bridgehead atoms. The largest absolute Gasteiger partial charge is 0.369 e. The second-order valence-electron chi connectivity index (χ2n) is 2.59. The van der Waals surface area contributed by atoms with Gasteiger partial charge in [0, 0.05) is 34.9 Å². The van der Waals surface area contributed by atoms with Crippen LogP contribution in [-0.2, 0) is 10.8 Å². The van der Waals surface area contributed by atoms with Gasteiger partial charge in [0.15, 0.2) is 0 Å². The normalized spacial score (nSPS) is 12.4. The van der Waals surface area contributed by atoms with Gasteiger partial charge >= 0.3 is 0 Å². The Balaban J connectivity index is 2.35. The van der Waals surface area contributed by atoms with Crippen molar-refractivity contribution in [3.05, 3.63) is 17.0 Å². The highest BCUT2D eigenvalue weighted by Crippen LogP contribution is 2.08. The number of hydrogen-bond donors (Lipinski definition) is 1. The minimum Gasteiger partial charge on any atom is -0.369 e. The predicted molar refractivity (Wildman–Crippen MR) is 61.8 cm³/mol. The maximum atomic E-state index is 11.1. The minimum atomic E-state index is -0.724. The van der Waals surface area contributed by atoms with Crippen LogP contribution >= 0.6 is 15.9 Å². The van der Waals surface area contributed by atoms with Crippen LogP contribution in [0.25, 0.3) is 0 Å². The van der Waals surface area contributed by atoms with E-state index in [-0.39, 0.29) is 0 Å². The van der Waals surface area contributed by atoms with Crippen LogP contribution in [0, 0.1) is 0 Å². The molecule has 0 saturated heterocycles. The predicted octanol–water partition coefficient (Wildman–Crippen LogP) is 1.42. The summed E-state index contributed by atoms with van der Waals surface area (Å²) in [4.78, 5) is 7.92. The Morgan fingerprint density at radius 3 is 3.00 bits per heavy atom. The van der Waals surface area contributed by atoms with Crippen molar-refractivity contribution < 1.29 is 4.21 Å². The Morgan fingerprint density at radius 2 is 2.36 bits per heavy atom. The summed E-state index contributed by atoms with van der Waals surface area (Å²) in [7, 11) is -0.724. The van der Waals surface area contributed by atoms with Crippen molar-refractivity contribution in [1.82, 2.24) is 9.97 Å². The van der Waals surface area contributed by atoms with Gasteiger partial charge in [-0.15, -0.1) is 0 Å². The lowest BCUT2D eigenvalue weighted by atomic mass is 10.5. The summed E-state index contributed by atoms with van der Waals surface area (Å²) in [5, 5.41) is 3.08. The van der Waals surface area contributed by atoms with Gasteiger partial charge in [0.05, 0.1) is 0 Å². The molecule has 0 aliphatic heterocycles. The summed E-state index contributed by atoms with van der Waals surface area (Å²) in [5.74, 6) is 2.10. The lowest BCUT2D eigenvalue weighted by Gasteiger charge is -2.04. The molecule has 4 nitrogen and oxygen atoms in total. The molecule has 78 valence electrons. The number of anilines is 1. The molecule has 1 rings (SSSR count). The average molecular weight is 278 g/mol. The highest BCUT2D eigenvalue weighted by atomic mass is 79.9. The first-order chi connectivity index (χ1) is 6.72. The van der Waals surface area contributed by atoms with Crippen LogP contribution in [-0.4, -0.2) is 32.2 Å². The van der Waals surface area contributed by atoms with Crippen LogP contribution in [0.2, 0.25) is 0 Å². The van der Waals surface area contributed by atoms with E-state index in [1.165, 1.54) is 6.33 Å². The highest BCUT2D eigenvalue weighted by molar-refractivity contribution is 9.10. The van der Waals surface area contributed by atoms with Crippen LogP contribution in [0.1, 0.15) is 6.92 Å². The van der Waals surface area contributed by atoms with E-state index in [2.05, 4.69) is 31.2 Å². The van der Waals surface area contributed by atoms with Crippen molar-refractivity contribution in [2.24, 2.45) is 0 Å². The lowest BCUT2D eigenvalue weighted by Crippen LogP contribution is -2.12. The molecule has 1 atom stereocenters. The Kier molecular flexibility index (Phi) is 5.03. The molecule has 0 radical (unpaired) electrons. The fraction of sp³-hybridized carbons (Fsp3) is 0.500. The van der Waals surface area contributed by atoms with Crippen molar-refractivity contribution in [2.75, 3.05) is 23.4 Å². The standard InChI is InChI=1S/C8H12BrN3OS/c1-2-14(13)4-3-10-8-5-7(9)11-6-12-8/h5-6H,2-4H2,1H3,(H,10,11,12). The Bertz CT molecular complexity index is 321. The number of nitrogens with one attached hydrogen (secondary N) is 1. The molecule has 14 heavy (non-hydrogen) atoms. The average Bonchev–Trinajstić information content (AvgIpc) is 2.17. The second kappa shape index (κ2) is 6.08. The third kappa shape index (κ3) is 4.15. The Hall–Kier alpha value is -0.490. The first kappa shape index (κ1) is 11.6. The summed E-state index contributed by atoms with van der Waals surface area (Å²) in [6.07, 6.45) is 1.48. The monoisotopic (exact) mass is 277 g/mol. The zero-order valence-corrected chi connectivity index (χ0v) is 10.3. The third-order valence-electron chi connectivity index (χ3n) is 1.59. The molecule has 0 amide bonds. The van der Waals surface area contributed by atoms with Crippen LogP contribution in [0.4, 0.5) is 5.82 Å². The van der Waals surface area contributed by atoms with Crippen LogP contribution in [0.3, 0.4) is 0 Å². The van der Waals surface area contributed by atoms with Crippen LogP contribution < -0.4 is 5.32 Å². The van der Waals surface area contributed by atoms with E-state index in [1.54, 1.807) is 6.07 Å². The Morgan fingerprint density at radius 1 is 1.57 bits per heavy atom. The van der Waals surface area contributed by atoms with Gasteiger partial charge in [-0.3, -0.25) is 4.21 Å². The zero-order valence-electron chi connectivity index (χ0n) is 7.86. The van der Waals surface area contributed by atoms with Crippen LogP contribution in [0.15, 0.2) is 17.0 Å². The van der Waals surface area contributed by atoms with E-state index in [0.717, 1.165) is 10.4 Å². The maximum absolute atomic E-state index is 11.1. The summed E-state index contributed by atoms with van der Waals surface area (Å²) in [5.41, 5.74) is 0. The molecule has 1 aromatic heterocycles. The smallest absolute Gasteiger partial charge is 0.130 e. The van der Waals surface area contributed by atoms with Crippen molar-refractivity contribution in [3.8, 4) is 0 Å². The van der Waals surface area contributed by atoms with Gasteiger partial charge in [0.2, 0.25) is 0 Å². The van der Waals surface area contributed by atoms with E-state index in [4.69, 9.17) is 0 Å². The van der Waals surface area contributed by atoms with Crippen molar-refractivity contribution in [2.45, 2.75) is 6.92 Å². The van der Waals surface area contributed by atoms with Crippen molar-refractivity contribution in [1.29, 1.82) is 0 Å². The molecular formula is C8H12BrN3OS. The molecule has 1 unspecified atom stereocenters. The number of hydrogen-bond acceptors (Lipinski definition) is 4. The van der Waals surface area contributed by atoms with E-state index in [9.17, 15) is 4.21 Å². The molecule has 1 aromatic rings. The summed E-state index contributed by atoms with van der Waals surface area (Å²) >= 11 is 3.25. The molecule has 0 aromatic carbocycles. The molecule has 1 heterocycles. The van der Waals surface area contributed by atoms with Gasteiger partial charge in [-0.2, -0.15) is 0 Å². The second-order valence-corrected chi connectivity index (χ2v) is 5.26. The zero-order chi connectivity index (χ0) is 10.4.